The Morgan fingerprint density at radius 2 is 2.00 bits per heavy atom. The maximum atomic E-state index is 10.7. The number of rotatable bonds is 5. The average molecular weight is 280 g/mol. The lowest BCUT2D eigenvalue weighted by Gasteiger charge is -2.08. The van der Waals surface area contributed by atoms with Crippen molar-refractivity contribution in [1.29, 1.82) is 0 Å². The summed E-state index contributed by atoms with van der Waals surface area (Å²) < 4.78 is 35.4. The Balaban J connectivity index is 2.27. The molecule has 2 rings (SSSR count). The maximum Gasteiger partial charge on any atom is 0.264 e. The molecule has 0 fully saturated rings. The van der Waals surface area contributed by atoms with Crippen molar-refractivity contribution < 1.29 is 17.7 Å². The topological polar surface area (TPSA) is 63.6 Å². The van der Waals surface area contributed by atoms with Crippen LogP contribution in [0.4, 0.5) is 0 Å². The van der Waals surface area contributed by atoms with Crippen LogP contribution in [0.25, 0.3) is 10.8 Å². The van der Waals surface area contributed by atoms with Crippen molar-refractivity contribution >= 4 is 20.9 Å². The van der Waals surface area contributed by atoms with Crippen LogP contribution in [0, 0.1) is 0 Å². The smallest absolute Gasteiger partial charge is 0.264 e. The molecule has 0 heterocycles. The van der Waals surface area contributed by atoms with Gasteiger partial charge in [0.05, 0.1) is 12.9 Å². The van der Waals surface area contributed by atoms with Gasteiger partial charge in [0.25, 0.3) is 10.1 Å². The van der Waals surface area contributed by atoms with Gasteiger partial charge < -0.3 is 4.74 Å². The lowest BCUT2D eigenvalue weighted by molar-refractivity contribution is 0.415. The summed E-state index contributed by atoms with van der Waals surface area (Å²) >= 11 is 0. The van der Waals surface area contributed by atoms with E-state index in [1.165, 1.54) is 0 Å². The van der Waals surface area contributed by atoms with Gasteiger partial charge >= 0.3 is 0 Å². The molecule has 0 bridgehead atoms. The Morgan fingerprint density at radius 3 is 2.68 bits per heavy atom. The molecule has 102 valence electrons. The van der Waals surface area contributed by atoms with Gasteiger partial charge in [-0.25, -0.2) is 0 Å². The largest absolute Gasteiger partial charge is 0.497 e. The maximum absolute atomic E-state index is 10.7. The van der Waals surface area contributed by atoms with E-state index in [1.807, 2.05) is 36.4 Å². The number of fused-ring (bicyclic) bond motifs is 1. The zero-order valence-electron chi connectivity index (χ0n) is 10.7. The first-order valence-electron chi connectivity index (χ1n) is 6.00. The molecular formula is C14H16O4S. The number of aryl methyl sites for hydroxylation is 1. The third-order valence-corrected chi connectivity index (χ3v) is 3.83. The van der Waals surface area contributed by atoms with E-state index < -0.39 is 10.1 Å². The Labute approximate surface area is 112 Å². The molecule has 0 aliphatic carbocycles. The van der Waals surface area contributed by atoms with Crippen LogP contribution in [-0.2, 0) is 16.5 Å². The van der Waals surface area contributed by atoms with Crippen LogP contribution in [0.5, 0.6) is 5.75 Å². The van der Waals surface area contributed by atoms with Crippen molar-refractivity contribution in [3.63, 3.8) is 0 Å². The predicted molar refractivity (Wildman–Crippen MR) is 75.2 cm³/mol. The third-order valence-electron chi connectivity index (χ3n) is 3.03. The normalized spacial score (nSPS) is 11.7. The molecular weight excluding hydrogens is 264 g/mol. The van der Waals surface area contributed by atoms with Crippen molar-refractivity contribution in [2.24, 2.45) is 0 Å². The average Bonchev–Trinajstić information content (AvgIpc) is 2.37. The van der Waals surface area contributed by atoms with E-state index in [1.54, 1.807) is 7.11 Å². The molecule has 0 atom stereocenters. The van der Waals surface area contributed by atoms with Gasteiger partial charge in [-0.1, -0.05) is 24.3 Å². The molecule has 0 amide bonds. The molecule has 0 aliphatic heterocycles. The number of ether oxygens (including phenoxy) is 1. The van der Waals surface area contributed by atoms with Crippen LogP contribution >= 0.6 is 0 Å². The fraction of sp³-hybridized carbons (Fsp3) is 0.286. The summed E-state index contributed by atoms with van der Waals surface area (Å²) in [6.07, 6.45) is 0.999. The van der Waals surface area contributed by atoms with Gasteiger partial charge in [0.15, 0.2) is 0 Å². The summed E-state index contributed by atoms with van der Waals surface area (Å²) in [6.45, 7) is 0. The molecule has 4 nitrogen and oxygen atoms in total. The number of benzene rings is 2. The minimum absolute atomic E-state index is 0.215. The molecule has 2 aromatic carbocycles. The third kappa shape index (κ3) is 3.68. The SMILES string of the molecule is COc1ccc2cccc(CCCS(=O)(=O)O)c2c1. The van der Waals surface area contributed by atoms with Gasteiger partial charge in [-0.3, -0.25) is 4.55 Å². The van der Waals surface area contributed by atoms with E-state index in [0.29, 0.717) is 12.8 Å². The zero-order chi connectivity index (χ0) is 13.9. The minimum Gasteiger partial charge on any atom is -0.497 e. The summed E-state index contributed by atoms with van der Waals surface area (Å²) in [5.74, 6) is 0.558. The van der Waals surface area contributed by atoms with Crippen molar-refractivity contribution in [2.75, 3.05) is 12.9 Å². The van der Waals surface area contributed by atoms with Crippen molar-refractivity contribution in [3.8, 4) is 5.75 Å². The van der Waals surface area contributed by atoms with Crippen LogP contribution in [0.3, 0.4) is 0 Å². The van der Waals surface area contributed by atoms with Crippen LogP contribution in [0.2, 0.25) is 0 Å². The summed E-state index contributed by atoms with van der Waals surface area (Å²) in [7, 11) is -2.27. The standard InChI is InChI=1S/C14H16O4S/c1-18-13-8-7-12-5-2-4-11(14(12)10-13)6-3-9-19(15,16)17/h2,4-5,7-8,10H,3,6,9H2,1H3,(H,15,16,17). The molecule has 2 aromatic rings. The zero-order valence-corrected chi connectivity index (χ0v) is 11.5. The highest BCUT2D eigenvalue weighted by Gasteiger charge is 2.07. The van der Waals surface area contributed by atoms with Gasteiger partial charge in [-0.15, -0.1) is 0 Å². The number of hydrogen-bond acceptors (Lipinski definition) is 3. The van der Waals surface area contributed by atoms with E-state index in [9.17, 15) is 8.42 Å². The quantitative estimate of drug-likeness (QED) is 0.855. The number of methoxy groups -OCH3 is 1. The van der Waals surface area contributed by atoms with E-state index in [2.05, 4.69) is 0 Å². The molecule has 0 radical (unpaired) electrons. The van der Waals surface area contributed by atoms with Crippen molar-refractivity contribution in [3.05, 3.63) is 42.0 Å². The van der Waals surface area contributed by atoms with Gasteiger partial charge in [0.2, 0.25) is 0 Å². The van der Waals surface area contributed by atoms with Crippen LogP contribution in [0.15, 0.2) is 36.4 Å². The van der Waals surface area contributed by atoms with Crippen molar-refractivity contribution in [1.82, 2.24) is 0 Å². The Bertz CT molecular complexity index is 677. The lowest BCUT2D eigenvalue weighted by Crippen LogP contribution is -2.04. The Morgan fingerprint density at radius 1 is 1.21 bits per heavy atom. The first-order valence-corrected chi connectivity index (χ1v) is 7.61. The Kier molecular flexibility index (Phi) is 4.07. The van der Waals surface area contributed by atoms with Gasteiger partial charge in [0.1, 0.15) is 5.75 Å². The van der Waals surface area contributed by atoms with E-state index in [-0.39, 0.29) is 5.75 Å². The summed E-state index contributed by atoms with van der Waals surface area (Å²) in [4.78, 5) is 0. The monoisotopic (exact) mass is 280 g/mol. The first-order chi connectivity index (χ1) is 8.99. The Hall–Kier alpha value is -1.59. The van der Waals surface area contributed by atoms with Crippen LogP contribution in [-0.4, -0.2) is 25.8 Å². The van der Waals surface area contributed by atoms with Gasteiger partial charge in [-0.2, -0.15) is 8.42 Å². The molecule has 0 saturated carbocycles. The molecule has 0 unspecified atom stereocenters. The van der Waals surface area contributed by atoms with Crippen LogP contribution in [0.1, 0.15) is 12.0 Å². The first kappa shape index (κ1) is 13.8. The molecule has 0 aliphatic rings. The highest BCUT2D eigenvalue weighted by atomic mass is 32.2. The van der Waals surface area contributed by atoms with Gasteiger partial charge in [0, 0.05) is 0 Å². The highest BCUT2D eigenvalue weighted by Crippen LogP contribution is 2.24. The van der Waals surface area contributed by atoms with Crippen molar-refractivity contribution in [2.45, 2.75) is 12.8 Å². The fourth-order valence-electron chi connectivity index (χ4n) is 2.11. The molecule has 1 N–H and O–H groups in total. The van der Waals surface area contributed by atoms with E-state index in [4.69, 9.17) is 9.29 Å². The lowest BCUT2D eigenvalue weighted by atomic mass is 10.0. The molecule has 5 heteroatoms. The molecule has 0 spiro atoms. The van der Waals surface area contributed by atoms with E-state index >= 15 is 0 Å². The van der Waals surface area contributed by atoms with Crippen LogP contribution < -0.4 is 4.74 Å². The predicted octanol–water partition coefficient (Wildman–Crippen LogP) is 2.67. The number of hydrogen-bond donors (Lipinski definition) is 1. The minimum atomic E-state index is -3.89. The highest BCUT2D eigenvalue weighted by molar-refractivity contribution is 7.85. The second kappa shape index (κ2) is 5.59. The molecule has 0 saturated heterocycles. The summed E-state index contributed by atoms with van der Waals surface area (Å²) in [5.41, 5.74) is 1.06. The van der Waals surface area contributed by atoms with Gasteiger partial charge in [-0.05, 0) is 41.3 Å². The second-order valence-corrected chi connectivity index (χ2v) is 5.97. The second-order valence-electron chi connectivity index (χ2n) is 4.39. The molecule has 19 heavy (non-hydrogen) atoms. The van der Waals surface area contributed by atoms with E-state index in [0.717, 1.165) is 22.1 Å². The fourth-order valence-corrected chi connectivity index (χ4v) is 2.62. The summed E-state index contributed by atoms with van der Waals surface area (Å²) in [6, 6.07) is 11.7. The molecule has 0 aromatic heterocycles. The summed E-state index contributed by atoms with van der Waals surface area (Å²) in [5, 5.41) is 2.14.